The summed E-state index contributed by atoms with van der Waals surface area (Å²) in [6.45, 7) is 10.5. The van der Waals surface area contributed by atoms with Gasteiger partial charge < -0.3 is 10.2 Å². The average Bonchev–Trinajstić information content (AvgIpc) is 2.14. The lowest BCUT2D eigenvalue weighted by Gasteiger charge is -2.23. The van der Waals surface area contributed by atoms with Crippen LogP contribution >= 0.6 is 0 Å². The van der Waals surface area contributed by atoms with Crippen LogP contribution in [0.3, 0.4) is 0 Å². The maximum Gasteiger partial charge on any atom is 0.119 e. The molecular formula is C15H24O2. The van der Waals surface area contributed by atoms with E-state index >= 15 is 0 Å². The first-order valence-corrected chi connectivity index (χ1v) is 6.21. The number of aromatic hydroxyl groups is 1. The van der Waals surface area contributed by atoms with Crippen molar-refractivity contribution in [2.75, 3.05) is 0 Å². The number of benzene rings is 1. The number of phenolic OH excluding ortho intramolecular Hbond substituents is 1. The van der Waals surface area contributed by atoms with E-state index in [4.69, 9.17) is 0 Å². The number of aliphatic hydroxyl groups excluding tert-OH is 1. The molecule has 0 saturated carbocycles. The Kier molecular flexibility index (Phi) is 4.21. The molecule has 1 aromatic carbocycles. The van der Waals surface area contributed by atoms with Crippen LogP contribution in [0.1, 0.15) is 51.3 Å². The Morgan fingerprint density at radius 1 is 1.12 bits per heavy atom. The summed E-state index contributed by atoms with van der Waals surface area (Å²) >= 11 is 0. The fraction of sp³-hybridized carbons (Fsp3) is 0.600. The third kappa shape index (κ3) is 3.47. The summed E-state index contributed by atoms with van der Waals surface area (Å²) in [4.78, 5) is 0. The molecule has 2 N–H and O–H groups in total. The van der Waals surface area contributed by atoms with E-state index in [0.717, 1.165) is 23.1 Å². The van der Waals surface area contributed by atoms with Gasteiger partial charge in [-0.1, -0.05) is 34.6 Å². The monoisotopic (exact) mass is 236 g/mol. The van der Waals surface area contributed by atoms with Crippen LogP contribution in [-0.4, -0.2) is 10.2 Å². The van der Waals surface area contributed by atoms with Crippen LogP contribution in [0.2, 0.25) is 0 Å². The number of hydrogen-bond acceptors (Lipinski definition) is 2. The third-order valence-electron chi connectivity index (χ3n) is 2.92. The maximum atomic E-state index is 10.1. The molecule has 0 heterocycles. The summed E-state index contributed by atoms with van der Waals surface area (Å²) in [5, 5.41) is 19.5. The molecule has 0 aliphatic rings. The van der Waals surface area contributed by atoms with Gasteiger partial charge in [-0.2, -0.15) is 0 Å². The summed E-state index contributed by atoms with van der Waals surface area (Å²) in [6, 6.07) is 3.75. The molecule has 0 aliphatic carbocycles. The highest BCUT2D eigenvalue weighted by Gasteiger charge is 2.20. The van der Waals surface area contributed by atoms with E-state index in [-0.39, 0.29) is 12.0 Å². The normalized spacial score (nSPS) is 12.2. The minimum Gasteiger partial charge on any atom is -0.508 e. The molecule has 96 valence electrons. The topological polar surface area (TPSA) is 40.5 Å². The highest BCUT2D eigenvalue weighted by molar-refractivity contribution is 5.45. The van der Waals surface area contributed by atoms with Crippen molar-refractivity contribution in [2.24, 2.45) is 5.92 Å². The predicted octanol–water partition coefficient (Wildman–Crippen LogP) is 3.38. The Morgan fingerprint density at radius 2 is 1.71 bits per heavy atom. The Bertz CT molecular complexity index is 387. The number of phenols is 1. The first kappa shape index (κ1) is 14.0. The molecule has 0 unspecified atom stereocenters. The molecule has 0 fully saturated rings. The van der Waals surface area contributed by atoms with E-state index in [0.29, 0.717) is 11.7 Å². The van der Waals surface area contributed by atoms with Gasteiger partial charge in [-0.05, 0) is 46.6 Å². The maximum absolute atomic E-state index is 10.1. The molecule has 0 radical (unpaired) electrons. The number of hydrogen-bond donors (Lipinski definition) is 2. The SMILES string of the molecule is CC(C)Cc1cc(O)c(C(C)(C)C)cc1CO. The van der Waals surface area contributed by atoms with Crippen LogP contribution in [0.4, 0.5) is 0 Å². The highest BCUT2D eigenvalue weighted by Crippen LogP contribution is 2.33. The van der Waals surface area contributed by atoms with Crippen LogP contribution < -0.4 is 0 Å². The summed E-state index contributed by atoms with van der Waals surface area (Å²) < 4.78 is 0. The molecule has 0 aromatic heterocycles. The van der Waals surface area contributed by atoms with Crippen molar-refractivity contribution in [1.29, 1.82) is 0 Å². The number of rotatable bonds is 3. The van der Waals surface area contributed by atoms with Crippen LogP contribution in [0.25, 0.3) is 0 Å². The standard InChI is InChI=1S/C15H24O2/c1-10(2)6-11-8-14(17)13(15(3,4)5)7-12(11)9-16/h7-8,10,16-17H,6,9H2,1-5H3. The Morgan fingerprint density at radius 3 is 2.12 bits per heavy atom. The molecule has 0 amide bonds. The lowest BCUT2D eigenvalue weighted by atomic mass is 9.83. The molecule has 2 heteroatoms. The van der Waals surface area contributed by atoms with Crippen molar-refractivity contribution in [1.82, 2.24) is 0 Å². The fourth-order valence-corrected chi connectivity index (χ4v) is 2.05. The second-order valence-electron chi connectivity index (χ2n) is 6.14. The average molecular weight is 236 g/mol. The highest BCUT2D eigenvalue weighted by atomic mass is 16.3. The predicted molar refractivity (Wildman–Crippen MR) is 71.3 cm³/mol. The van der Waals surface area contributed by atoms with Crippen molar-refractivity contribution in [2.45, 2.75) is 53.1 Å². The lowest BCUT2D eigenvalue weighted by molar-refractivity contribution is 0.279. The molecular weight excluding hydrogens is 212 g/mol. The van der Waals surface area contributed by atoms with Gasteiger partial charge in [-0.15, -0.1) is 0 Å². The fourth-order valence-electron chi connectivity index (χ4n) is 2.05. The Labute approximate surface area is 104 Å². The largest absolute Gasteiger partial charge is 0.508 e. The molecule has 1 aromatic rings. The summed E-state index contributed by atoms with van der Waals surface area (Å²) in [5.41, 5.74) is 2.77. The van der Waals surface area contributed by atoms with Crippen LogP contribution in [-0.2, 0) is 18.4 Å². The first-order valence-electron chi connectivity index (χ1n) is 6.21. The van der Waals surface area contributed by atoms with Crippen molar-refractivity contribution in [3.63, 3.8) is 0 Å². The summed E-state index contributed by atoms with van der Waals surface area (Å²) in [5.74, 6) is 0.852. The van der Waals surface area contributed by atoms with Gasteiger partial charge in [-0.3, -0.25) is 0 Å². The van der Waals surface area contributed by atoms with Gasteiger partial charge in [0.25, 0.3) is 0 Å². The lowest BCUT2D eigenvalue weighted by Crippen LogP contribution is -2.13. The Balaban J connectivity index is 3.25. The van der Waals surface area contributed by atoms with Crippen molar-refractivity contribution in [3.05, 3.63) is 28.8 Å². The van der Waals surface area contributed by atoms with E-state index in [2.05, 4.69) is 34.6 Å². The van der Waals surface area contributed by atoms with Gasteiger partial charge in [0.05, 0.1) is 6.61 Å². The van der Waals surface area contributed by atoms with Gasteiger partial charge >= 0.3 is 0 Å². The Hall–Kier alpha value is -1.02. The van der Waals surface area contributed by atoms with Gasteiger partial charge in [0.2, 0.25) is 0 Å². The summed E-state index contributed by atoms with van der Waals surface area (Å²) in [6.07, 6.45) is 0.883. The third-order valence-corrected chi connectivity index (χ3v) is 2.92. The van der Waals surface area contributed by atoms with Crippen LogP contribution in [0.5, 0.6) is 5.75 Å². The van der Waals surface area contributed by atoms with Crippen LogP contribution in [0, 0.1) is 5.92 Å². The molecule has 17 heavy (non-hydrogen) atoms. The van der Waals surface area contributed by atoms with E-state index in [1.165, 1.54) is 0 Å². The smallest absolute Gasteiger partial charge is 0.119 e. The van der Waals surface area contributed by atoms with E-state index in [1.807, 2.05) is 12.1 Å². The zero-order valence-corrected chi connectivity index (χ0v) is 11.5. The molecule has 0 spiro atoms. The van der Waals surface area contributed by atoms with Crippen molar-refractivity contribution < 1.29 is 10.2 Å². The van der Waals surface area contributed by atoms with E-state index < -0.39 is 0 Å². The molecule has 0 aliphatic heterocycles. The first-order chi connectivity index (χ1) is 7.75. The molecule has 0 atom stereocenters. The van der Waals surface area contributed by atoms with Gasteiger partial charge in [-0.25, -0.2) is 0 Å². The zero-order valence-electron chi connectivity index (χ0n) is 11.5. The molecule has 0 saturated heterocycles. The van der Waals surface area contributed by atoms with Crippen molar-refractivity contribution in [3.8, 4) is 5.75 Å². The quantitative estimate of drug-likeness (QED) is 0.844. The second-order valence-corrected chi connectivity index (χ2v) is 6.14. The zero-order chi connectivity index (χ0) is 13.2. The van der Waals surface area contributed by atoms with Crippen molar-refractivity contribution >= 4 is 0 Å². The van der Waals surface area contributed by atoms with Gasteiger partial charge in [0, 0.05) is 0 Å². The molecule has 1 rings (SSSR count). The van der Waals surface area contributed by atoms with E-state index in [9.17, 15) is 10.2 Å². The van der Waals surface area contributed by atoms with Gasteiger partial charge in [0.15, 0.2) is 0 Å². The minimum absolute atomic E-state index is 0.0331. The van der Waals surface area contributed by atoms with Crippen LogP contribution in [0.15, 0.2) is 12.1 Å². The minimum atomic E-state index is -0.107. The number of aliphatic hydroxyl groups is 1. The molecule has 0 bridgehead atoms. The molecule has 2 nitrogen and oxygen atoms in total. The van der Waals surface area contributed by atoms with E-state index in [1.54, 1.807) is 0 Å². The second kappa shape index (κ2) is 5.09. The summed E-state index contributed by atoms with van der Waals surface area (Å²) in [7, 11) is 0. The van der Waals surface area contributed by atoms with Gasteiger partial charge in [0.1, 0.15) is 5.75 Å².